The highest BCUT2D eigenvalue weighted by molar-refractivity contribution is 9.09. The number of rotatable bonds is 5. The Bertz CT molecular complexity index is 660. The van der Waals surface area contributed by atoms with Crippen LogP contribution in [0, 0.1) is 5.82 Å². The molecule has 0 spiro atoms. The van der Waals surface area contributed by atoms with Gasteiger partial charge in [0.1, 0.15) is 5.82 Å². The molecule has 0 saturated heterocycles. The van der Waals surface area contributed by atoms with E-state index in [2.05, 4.69) is 45.1 Å². The van der Waals surface area contributed by atoms with E-state index in [4.69, 9.17) is 4.99 Å². The van der Waals surface area contributed by atoms with E-state index in [1.165, 1.54) is 17.7 Å². The van der Waals surface area contributed by atoms with E-state index in [1.54, 1.807) is 0 Å². The van der Waals surface area contributed by atoms with Gasteiger partial charge in [0.2, 0.25) is 0 Å². The molecule has 1 aliphatic rings. The van der Waals surface area contributed by atoms with Crippen molar-refractivity contribution in [3.05, 3.63) is 71.5 Å². The van der Waals surface area contributed by atoms with Gasteiger partial charge in [0.05, 0.1) is 6.54 Å². The first-order valence-corrected chi connectivity index (χ1v) is 9.55. The third-order valence-corrected chi connectivity index (χ3v) is 6.11. The summed E-state index contributed by atoms with van der Waals surface area (Å²) >= 11 is 5.36. The van der Waals surface area contributed by atoms with E-state index in [-0.39, 0.29) is 5.82 Å². The number of nitrogens with zero attached hydrogens (tertiary/aromatic N) is 2. The molecular weight excluding hydrogens is 375 g/mol. The molecule has 0 unspecified atom stereocenters. The van der Waals surface area contributed by atoms with Gasteiger partial charge in [-0.05, 0) is 23.3 Å². The molecule has 5 heteroatoms. The summed E-state index contributed by atoms with van der Waals surface area (Å²) in [6.07, 6.45) is 0. The summed E-state index contributed by atoms with van der Waals surface area (Å²) in [5.41, 5.74) is 2.34. The molecule has 2 nitrogen and oxygen atoms in total. The molecule has 0 aliphatic carbocycles. The van der Waals surface area contributed by atoms with Gasteiger partial charge < -0.3 is 4.90 Å². The van der Waals surface area contributed by atoms with Crippen molar-refractivity contribution < 1.29 is 4.39 Å². The van der Waals surface area contributed by atoms with E-state index in [1.807, 2.05) is 30.0 Å². The molecule has 2 aromatic rings. The van der Waals surface area contributed by atoms with Crippen LogP contribution >= 0.6 is 27.7 Å². The highest BCUT2D eigenvalue weighted by Crippen LogP contribution is 2.27. The molecule has 0 radical (unpaired) electrons. The Morgan fingerprint density at radius 3 is 2.30 bits per heavy atom. The molecule has 120 valence electrons. The monoisotopic (exact) mass is 392 g/mol. The normalized spacial score (nSPS) is 17.1. The number of halogens is 2. The Balaban J connectivity index is 1.77. The second kappa shape index (κ2) is 7.97. The Labute approximate surface area is 148 Å². The van der Waals surface area contributed by atoms with Crippen LogP contribution in [0.3, 0.4) is 0 Å². The Morgan fingerprint density at radius 2 is 1.70 bits per heavy atom. The number of alkyl halides is 1. The van der Waals surface area contributed by atoms with Gasteiger partial charge in [-0.3, -0.25) is 4.99 Å². The number of amidine groups is 1. The van der Waals surface area contributed by atoms with Crippen LogP contribution in [0.5, 0.6) is 0 Å². The zero-order valence-electron chi connectivity index (χ0n) is 12.7. The molecule has 2 aromatic carbocycles. The molecule has 23 heavy (non-hydrogen) atoms. The average Bonchev–Trinajstić information content (AvgIpc) is 3.06. The number of thioether (sulfide) groups is 1. The minimum atomic E-state index is -0.199. The predicted octanol–water partition coefficient (Wildman–Crippen LogP) is 4.69. The molecule has 1 atom stereocenters. The van der Waals surface area contributed by atoms with Gasteiger partial charge in [-0.2, -0.15) is 0 Å². The quantitative estimate of drug-likeness (QED) is 0.685. The lowest BCUT2D eigenvalue weighted by Crippen LogP contribution is -2.27. The van der Waals surface area contributed by atoms with Gasteiger partial charge >= 0.3 is 0 Å². The Hall–Kier alpha value is -1.33. The first kappa shape index (κ1) is 16.5. The van der Waals surface area contributed by atoms with Crippen LogP contribution in [0.1, 0.15) is 11.1 Å². The maximum absolute atomic E-state index is 13.1. The van der Waals surface area contributed by atoms with Gasteiger partial charge in [0.25, 0.3) is 0 Å². The minimum Gasteiger partial charge on any atom is -0.343 e. The van der Waals surface area contributed by atoms with Crippen LogP contribution in [0.2, 0.25) is 0 Å². The lowest BCUT2D eigenvalue weighted by Gasteiger charge is -2.24. The average molecular weight is 393 g/mol. The van der Waals surface area contributed by atoms with Gasteiger partial charge in [0, 0.05) is 23.7 Å². The van der Waals surface area contributed by atoms with E-state index >= 15 is 0 Å². The first-order chi connectivity index (χ1) is 11.2. The minimum absolute atomic E-state index is 0.199. The number of aliphatic imine (C=N–C) groups is 1. The van der Waals surface area contributed by atoms with Crippen molar-refractivity contribution in [2.24, 2.45) is 4.99 Å². The Morgan fingerprint density at radius 1 is 1.04 bits per heavy atom. The third kappa shape index (κ3) is 4.58. The molecule has 0 fully saturated rings. The van der Waals surface area contributed by atoms with E-state index in [9.17, 15) is 4.39 Å². The molecule has 0 N–H and O–H groups in total. The van der Waals surface area contributed by atoms with Crippen molar-refractivity contribution in [3.8, 4) is 0 Å². The van der Waals surface area contributed by atoms with Crippen molar-refractivity contribution in [1.29, 1.82) is 0 Å². The lowest BCUT2D eigenvalue weighted by atomic mass is 10.2. The summed E-state index contributed by atoms with van der Waals surface area (Å²) in [7, 11) is 0. The predicted molar refractivity (Wildman–Crippen MR) is 99.6 cm³/mol. The van der Waals surface area contributed by atoms with Crippen LogP contribution < -0.4 is 0 Å². The maximum Gasteiger partial charge on any atom is 0.160 e. The smallest absolute Gasteiger partial charge is 0.160 e. The van der Waals surface area contributed by atoms with E-state index in [0.29, 0.717) is 5.25 Å². The molecule has 0 bridgehead atoms. The van der Waals surface area contributed by atoms with Crippen molar-refractivity contribution >= 4 is 32.9 Å². The van der Waals surface area contributed by atoms with E-state index < -0.39 is 0 Å². The summed E-state index contributed by atoms with van der Waals surface area (Å²) in [5.74, 6) is -0.199. The van der Waals surface area contributed by atoms with Gasteiger partial charge in [-0.1, -0.05) is 70.2 Å². The highest BCUT2D eigenvalue weighted by atomic mass is 79.9. The fourth-order valence-corrected chi connectivity index (χ4v) is 4.00. The first-order valence-electron chi connectivity index (χ1n) is 7.55. The molecule has 0 saturated carbocycles. The van der Waals surface area contributed by atoms with Gasteiger partial charge in [-0.15, -0.1) is 0 Å². The summed E-state index contributed by atoms with van der Waals surface area (Å²) in [4.78, 5) is 6.97. The molecular formula is C18H18BrFN2S. The highest BCUT2D eigenvalue weighted by Gasteiger charge is 2.23. The zero-order chi connectivity index (χ0) is 16.1. The Kier molecular flexibility index (Phi) is 5.73. The van der Waals surface area contributed by atoms with Crippen molar-refractivity contribution in [2.45, 2.75) is 18.3 Å². The molecule has 1 aliphatic heterocycles. The summed E-state index contributed by atoms with van der Waals surface area (Å²) in [6.45, 7) is 2.38. The third-order valence-electron chi connectivity index (χ3n) is 3.65. The fraction of sp³-hybridized carbons (Fsp3) is 0.278. The van der Waals surface area contributed by atoms with Crippen molar-refractivity contribution in [2.75, 3.05) is 11.9 Å². The van der Waals surface area contributed by atoms with Crippen molar-refractivity contribution in [1.82, 2.24) is 4.90 Å². The maximum atomic E-state index is 13.1. The summed E-state index contributed by atoms with van der Waals surface area (Å²) in [5, 5.41) is 2.51. The summed E-state index contributed by atoms with van der Waals surface area (Å²) < 4.78 is 13.1. The second-order valence-corrected chi connectivity index (χ2v) is 7.40. The molecule has 3 rings (SSSR count). The second-order valence-electron chi connectivity index (χ2n) is 5.49. The molecule has 0 amide bonds. The zero-order valence-corrected chi connectivity index (χ0v) is 15.1. The van der Waals surface area contributed by atoms with Crippen LogP contribution in [0.15, 0.2) is 59.6 Å². The van der Waals surface area contributed by atoms with Crippen LogP contribution in [-0.4, -0.2) is 27.2 Å². The van der Waals surface area contributed by atoms with Gasteiger partial charge in [0.15, 0.2) is 5.17 Å². The van der Waals surface area contributed by atoms with Crippen molar-refractivity contribution in [3.63, 3.8) is 0 Å². The van der Waals surface area contributed by atoms with Crippen LogP contribution in [0.4, 0.5) is 4.39 Å². The SMILES string of the molecule is Fc1ccc(CN(Cc2ccccc2)C2=NC[C@@H](CBr)S2)cc1. The van der Waals surface area contributed by atoms with Gasteiger partial charge in [-0.25, -0.2) is 4.39 Å². The fourth-order valence-electron chi connectivity index (χ4n) is 2.46. The number of hydrogen-bond acceptors (Lipinski definition) is 3. The standard InChI is InChI=1S/C18H18BrFN2S/c19-10-17-11-21-18(23-17)22(12-14-4-2-1-3-5-14)13-15-6-8-16(20)9-7-15/h1-9,17H,10-13H2/t17-/m1/s1. The van der Waals surface area contributed by atoms with E-state index in [0.717, 1.165) is 35.7 Å². The largest absolute Gasteiger partial charge is 0.343 e. The van der Waals surface area contributed by atoms with Crippen LogP contribution in [0.25, 0.3) is 0 Å². The molecule has 0 aromatic heterocycles. The summed E-state index contributed by atoms with van der Waals surface area (Å²) in [6, 6.07) is 17.1. The number of hydrogen-bond donors (Lipinski definition) is 0. The molecule has 1 heterocycles. The number of benzene rings is 2. The lowest BCUT2D eigenvalue weighted by molar-refractivity contribution is 0.414. The van der Waals surface area contributed by atoms with Crippen LogP contribution in [-0.2, 0) is 13.1 Å². The topological polar surface area (TPSA) is 15.6 Å².